The van der Waals surface area contributed by atoms with Crippen molar-refractivity contribution in [2.24, 2.45) is 7.05 Å². The smallest absolute Gasteiger partial charge is 0.254 e. The van der Waals surface area contributed by atoms with Crippen molar-refractivity contribution in [2.45, 2.75) is 39.0 Å². The van der Waals surface area contributed by atoms with Crippen LogP contribution in [0.1, 0.15) is 48.7 Å². The Morgan fingerprint density at radius 2 is 1.90 bits per heavy atom. The van der Waals surface area contributed by atoms with Gasteiger partial charge in [-0.2, -0.15) is 0 Å². The van der Waals surface area contributed by atoms with Gasteiger partial charge in [0.25, 0.3) is 5.91 Å². The van der Waals surface area contributed by atoms with E-state index >= 15 is 0 Å². The summed E-state index contributed by atoms with van der Waals surface area (Å²) in [5.74, 6) is 1.02. The van der Waals surface area contributed by atoms with Crippen LogP contribution in [0.3, 0.4) is 0 Å². The van der Waals surface area contributed by atoms with E-state index in [0.717, 1.165) is 77.1 Å². The summed E-state index contributed by atoms with van der Waals surface area (Å²) in [7, 11) is 2.01. The molecule has 1 fully saturated rings. The predicted octanol–water partition coefficient (Wildman–Crippen LogP) is 5.49. The molecule has 1 aliphatic rings. The van der Waals surface area contributed by atoms with E-state index in [4.69, 9.17) is 4.98 Å². The number of piperidine rings is 1. The maximum atomic E-state index is 12.9. The maximum Gasteiger partial charge on any atom is 0.254 e. The van der Waals surface area contributed by atoms with Crippen molar-refractivity contribution in [1.82, 2.24) is 19.4 Å². The highest BCUT2D eigenvalue weighted by Gasteiger charge is 2.21. The zero-order valence-corrected chi connectivity index (χ0v) is 19.2. The third kappa shape index (κ3) is 4.33. The van der Waals surface area contributed by atoms with Gasteiger partial charge in [0, 0.05) is 53.8 Å². The lowest BCUT2D eigenvalue weighted by atomic mass is 10.1. The molecule has 3 aromatic rings. The van der Waals surface area contributed by atoms with E-state index in [9.17, 15) is 4.79 Å². The molecule has 0 aliphatic carbocycles. The highest BCUT2D eigenvalue weighted by atomic mass is 79.9. The van der Waals surface area contributed by atoms with Crippen LogP contribution in [0.5, 0.6) is 0 Å². The maximum absolute atomic E-state index is 12.9. The summed E-state index contributed by atoms with van der Waals surface area (Å²) >= 11 is 3.62. The molecule has 1 saturated heterocycles. The molecule has 0 unspecified atom stereocenters. The average Bonchev–Trinajstić information content (AvgIpc) is 3.16. The lowest BCUT2D eigenvalue weighted by Gasteiger charge is -2.27. The molecule has 0 saturated carbocycles. The topological polar surface area (TPSA) is 51.0 Å². The van der Waals surface area contributed by atoms with Crippen LogP contribution in [-0.4, -0.2) is 38.4 Å². The van der Waals surface area contributed by atoms with Crippen LogP contribution in [0.2, 0.25) is 0 Å². The van der Waals surface area contributed by atoms with Crippen LogP contribution in [0.15, 0.2) is 47.2 Å². The Balaban J connectivity index is 1.60. The van der Waals surface area contributed by atoms with Gasteiger partial charge in [0.05, 0.1) is 11.3 Å². The molecule has 0 radical (unpaired) electrons. The lowest BCUT2D eigenvalue weighted by molar-refractivity contribution is 0.0723. The van der Waals surface area contributed by atoms with E-state index in [-0.39, 0.29) is 5.91 Å². The second-order valence-electron chi connectivity index (χ2n) is 7.89. The third-order valence-corrected chi connectivity index (χ3v) is 6.25. The van der Waals surface area contributed by atoms with E-state index in [1.807, 2.05) is 53.2 Å². The Morgan fingerprint density at radius 1 is 1.10 bits per heavy atom. The highest BCUT2D eigenvalue weighted by Crippen LogP contribution is 2.29. The fraction of sp³-hybridized carbons (Fsp3) is 0.375. The molecule has 5 nitrogen and oxygen atoms in total. The first-order valence-corrected chi connectivity index (χ1v) is 11.4. The SMILES string of the molecule is CCCc1cc(-c2nc(-c3ccc(C(=O)N4CCCCC4)c(Br)c3)cn2C)ccn1. The zero-order chi connectivity index (χ0) is 21.1. The van der Waals surface area contributed by atoms with Crippen molar-refractivity contribution in [1.29, 1.82) is 0 Å². The number of carbonyl (C=O) groups excluding carboxylic acids is 1. The van der Waals surface area contributed by atoms with E-state index in [1.54, 1.807) is 0 Å². The molecule has 4 rings (SSSR count). The van der Waals surface area contributed by atoms with Gasteiger partial charge in [0.1, 0.15) is 5.82 Å². The van der Waals surface area contributed by atoms with Gasteiger partial charge in [-0.25, -0.2) is 4.98 Å². The molecule has 2 aromatic heterocycles. The molecule has 3 heterocycles. The van der Waals surface area contributed by atoms with Gasteiger partial charge < -0.3 is 9.47 Å². The van der Waals surface area contributed by atoms with Crippen molar-refractivity contribution in [3.63, 3.8) is 0 Å². The second-order valence-corrected chi connectivity index (χ2v) is 8.75. The Morgan fingerprint density at radius 3 is 2.63 bits per heavy atom. The van der Waals surface area contributed by atoms with Crippen LogP contribution in [0.25, 0.3) is 22.6 Å². The second kappa shape index (κ2) is 9.13. The van der Waals surface area contributed by atoms with E-state index in [2.05, 4.69) is 33.9 Å². The van der Waals surface area contributed by atoms with Crippen molar-refractivity contribution in [3.05, 3.63) is 58.5 Å². The Labute approximate surface area is 186 Å². The van der Waals surface area contributed by atoms with E-state index in [0.29, 0.717) is 0 Å². The number of rotatable bonds is 5. The van der Waals surface area contributed by atoms with Gasteiger partial charge in [-0.05, 0) is 65.9 Å². The Bertz CT molecular complexity index is 1050. The molecule has 1 aliphatic heterocycles. The summed E-state index contributed by atoms with van der Waals surface area (Å²) in [6.45, 7) is 3.86. The van der Waals surface area contributed by atoms with Crippen molar-refractivity contribution in [2.75, 3.05) is 13.1 Å². The van der Waals surface area contributed by atoms with Crippen LogP contribution in [0, 0.1) is 0 Å². The standard InChI is InChI=1S/C24H27BrN4O/c1-3-7-19-14-18(10-11-26-19)23-27-22(16-28(23)2)17-8-9-20(21(25)15-17)24(30)29-12-5-4-6-13-29/h8-11,14-16H,3-7,12-13H2,1-2H3. The fourth-order valence-corrected chi connectivity index (χ4v) is 4.55. The van der Waals surface area contributed by atoms with Crippen LogP contribution in [0.4, 0.5) is 0 Å². The van der Waals surface area contributed by atoms with Crippen LogP contribution < -0.4 is 0 Å². The van der Waals surface area contributed by atoms with Crippen molar-refractivity contribution in [3.8, 4) is 22.6 Å². The normalized spacial score (nSPS) is 14.2. The molecule has 6 heteroatoms. The number of aryl methyl sites for hydroxylation is 2. The van der Waals surface area contributed by atoms with Gasteiger partial charge in [-0.3, -0.25) is 9.78 Å². The number of carbonyl (C=O) groups is 1. The first kappa shape index (κ1) is 20.8. The minimum atomic E-state index is 0.107. The highest BCUT2D eigenvalue weighted by molar-refractivity contribution is 9.10. The lowest BCUT2D eigenvalue weighted by Crippen LogP contribution is -2.35. The monoisotopic (exact) mass is 466 g/mol. The van der Waals surface area contributed by atoms with Gasteiger partial charge >= 0.3 is 0 Å². The summed E-state index contributed by atoms with van der Waals surface area (Å²) in [6.07, 6.45) is 9.31. The molecule has 156 valence electrons. The number of amides is 1. The molecular weight excluding hydrogens is 440 g/mol. The molecule has 0 spiro atoms. The molecule has 0 bridgehead atoms. The van der Waals surface area contributed by atoms with Gasteiger partial charge in [0.2, 0.25) is 0 Å². The average molecular weight is 467 g/mol. The summed E-state index contributed by atoms with van der Waals surface area (Å²) in [6, 6.07) is 10.0. The number of pyridine rings is 1. The van der Waals surface area contributed by atoms with E-state index < -0.39 is 0 Å². The molecule has 1 amide bonds. The van der Waals surface area contributed by atoms with E-state index in [1.165, 1.54) is 6.42 Å². The van der Waals surface area contributed by atoms with Crippen LogP contribution in [-0.2, 0) is 13.5 Å². The Hall–Kier alpha value is -2.47. The zero-order valence-electron chi connectivity index (χ0n) is 17.6. The minimum Gasteiger partial charge on any atom is -0.339 e. The molecular formula is C24H27BrN4O. The van der Waals surface area contributed by atoms with Gasteiger partial charge in [-0.15, -0.1) is 0 Å². The number of halogens is 1. The van der Waals surface area contributed by atoms with Gasteiger partial charge in [-0.1, -0.05) is 19.4 Å². The number of benzene rings is 1. The molecule has 0 N–H and O–H groups in total. The summed E-state index contributed by atoms with van der Waals surface area (Å²) in [5.41, 5.74) is 4.75. The molecule has 1 aromatic carbocycles. The first-order valence-electron chi connectivity index (χ1n) is 10.6. The summed E-state index contributed by atoms with van der Waals surface area (Å²) < 4.78 is 2.86. The molecule has 0 atom stereocenters. The fourth-order valence-electron chi connectivity index (χ4n) is 4.00. The third-order valence-electron chi connectivity index (χ3n) is 5.60. The number of hydrogen-bond donors (Lipinski definition) is 0. The first-order chi connectivity index (χ1) is 14.6. The molecule has 30 heavy (non-hydrogen) atoms. The van der Waals surface area contributed by atoms with Crippen LogP contribution >= 0.6 is 15.9 Å². The summed E-state index contributed by atoms with van der Waals surface area (Å²) in [5, 5.41) is 0. The van der Waals surface area contributed by atoms with Gasteiger partial charge in [0.15, 0.2) is 0 Å². The number of likely N-dealkylation sites (tertiary alicyclic amines) is 1. The minimum absolute atomic E-state index is 0.107. The largest absolute Gasteiger partial charge is 0.339 e. The number of nitrogens with zero attached hydrogens (tertiary/aromatic N) is 4. The quantitative estimate of drug-likeness (QED) is 0.499. The van der Waals surface area contributed by atoms with Crippen molar-refractivity contribution >= 4 is 21.8 Å². The predicted molar refractivity (Wildman–Crippen MR) is 123 cm³/mol. The number of aromatic nitrogens is 3. The Kier molecular flexibility index (Phi) is 6.32. The number of imidazole rings is 1. The summed E-state index contributed by atoms with van der Waals surface area (Å²) in [4.78, 5) is 24.1. The number of hydrogen-bond acceptors (Lipinski definition) is 3. The van der Waals surface area contributed by atoms with Crippen molar-refractivity contribution < 1.29 is 4.79 Å².